The fraction of sp³-hybridized carbons (Fsp3) is 0.312. The summed E-state index contributed by atoms with van der Waals surface area (Å²) < 4.78 is 5.17. The molecule has 23 heavy (non-hydrogen) atoms. The van der Waals surface area contributed by atoms with E-state index >= 15 is 0 Å². The highest BCUT2D eigenvalue weighted by Crippen LogP contribution is 2.23. The van der Waals surface area contributed by atoms with Crippen LogP contribution in [-0.4, -0.2) is 52.7 Å². The number of carboxylic acids is 1. The van der Waals surface area contributed by atoms with Crippen LogP contribution in [0.4, 0.5) is 0 Å². The normalized spacial score (nSPS) is 18.0. The van der Waals surface area contributed by atoms with Gasteiger partial charge in [-0.3, -0.25) is 4.79 Å². The van der Waals surface area contributed by atoms with Gasteiger partial charge < -0.3 is 14.7 Å². The number of hydrogen-bond acceptors (Lipinski definition) is 5. The molecular weight excluding hydrogens is 316 g/mol. The molecule has 1 fully saturated rings. The predicted molar refractivity (Wildman–Crippen MR) is 85.6 cm³/mol. The van der Waals surface area contributed by atoms with Crippen LogP contribution in [0.2, 0.25) is 0 Å². The van der Waals surface area contributed by atoms with Gasteiger partial charge in [0.15, 0.2) is 6.04 Å². The van der Waals surface area contributed by atoms with E-state index in [0.29, 0.717) is 12.2 Å². The summed E-state index contributed by atoms with van der Waals surface area (Å²) in [5.74, 6) is -1.35. The zero-order valence-electron chi connectivity index (χ0n) is 12.6. The van der Waals surface area contributed by atoms with E-state index in [4.69, 9.17) is 4.74 Å². The van der Waals surface area contributed by atoms with E-state index in [-0.39, 0.29) is 19.1 Å². The van der Waals surface area contributed by atoms with Crippen LogP contribution in [0.3, 0.4) is 0 Å². The van der Waals surface area contributed by atoms with Crippen molar-refractivity contribution >= 4 is 23.2 Å². The quantitative estimate of drug-likeness (QED) is 0.930. The predicted octanol–water partition coefficient (Wildman–Crippen LogP) is 2.04. The smallest absolute Gasteiger partial charge is 0.328 e. The molecule has 0 spiro atoms. The monoisotopic (exact) mass is 332 g/mol. The lowest BCUT2D eigenvalue weighted by Crippen LogP contribution is -2.52. The number of rotatable bonds is 3. The van der Waals surface area contributed by atoms with E-state index in [1.54, 1.807) is 29.5 Å². The van der Waals surface area contributed by atoms with Crippen LogP contribution in [0.5, 0.6) is 0 Å². The number of thiazole rings is 1. The average Bonchev–Trinajstić information content (AvgIpc) is 3.01. The van der Waals surface area contributed by atoms with Gasteiger partial charge in [0.05, 0.1) is 23.9 Å². The maximum Gasteiger partial charge on any atom is 0.328 e. The lowest BCUT2D eigenvalue weighted by Gasteiger charge is -2.32. The van der Waals surface area contributed by atoms with Crippen molar-refractivity contribution in [2.24, 2.45) is 0 Å². The fourth-order valence-corrected chi connectivity index (χ4v) is 3.15. The molecule has 1 aromatic carbocycles. The van der Waals surface area contributed by atoms with Crippen LogP contribution in [0.15, 0.2) is 29.6 Å². The maximum atomic E-state index is 12.7. The van der Waals surface area contributed by atoms with Gasteiger partial charge in [0, 0.05) is 23.1 Å². The number of aliphatic carboxylic acids is 1. The summed E-state index contributed by atoms with van der Waals surface area (Å²) in [6.07, 6.45) is 0. The molecular formula is C16H16N2O4S. The van der Waals surface area contributed by atoms with E-state index in [9.17, 15) is 14.7 Å². The Morgan fingerprint density at radius 3 is 2.96 bits per heavy atom. The highest BCUT2D eigenvalue weighted by molar-refractivity contribution is 7.09. The molecule has 2 heterocycles. The Kier molecular flexibility index (Phi) is 4.40. The van der Waals surface area contributed by atoms with Crippen LogP contribution in [0.1, 0.15) is 15.4 Å². The number of hydrogen-bond donors (Lipinski definition) is 1. The Morgan fingerprint density at radius 1 is 1.43 bits per heavy atom. The third kappa shape index (κ3) is 3.25. The molecule has 120 valence electrons. The first kappa shape index (κ1) is 15.6. The van der Waals surface area contributed by atoms with Crippen molar-refractivity contribution in [2.45, 2.75) is 13.0 Å². The Labute approximate surface area is 137 Å². The van der Waals surface area contributed by atoms with Gasteiger partial charge in [0.2, 0.25) is 0 Å². The van der Waals surface area contributed by atoms with E-state index < -0.39 is 12.0 Å². The average molecular weight is 332 g/mol. The van der Waals surface area contributed by atoms with Gasteiger partial charge >= 0.3 is 5.97 Å². The van der Waals surface area contributed by atoms with Crippen molar-refractivity contribution in [3.05, 3.63) is 40.2 Å². The summed E-state index contributed by atoms with van der Waals surface area (Å²) in [6.45, 7) is 2.57. The van der Waals surface area contributed by atoms with Gasteiger partial charge in [-0.1, -0.05) is 12.1 Å². The molecule has 1 amide bonds. The molecule has 0 aliphatic carbocycles. The van der Waals surface area contributed by atoms with Gasteiger partial charge in [0.1, 0.15) is 0 Å². The SMILES string of the molecule is Cc1nc(-c2cccc(C(=O)N3CCOC[C@H]3C(=O)O)c2)cs1. The van der Waals surface area contributed by atoms with Crippen molar-refractivity contribution in [3.63, 3.8) is 0 Å². The molecule has 0 bridgehead atoms. The zero-order chi connectivity index (χ0) is 16.4. The van der Waals surface area contributed by atoms with E-state index in [1.807, 2.05) is 18.4 Å². The number of carboxylic acid groups (broad SMARTS) is 1. The van der Waals surface area contributed by atoms with Gasteiger partial charge in [-0.15, -0.1) is 11.3 Å². The van der Waals surface area contributed by atoms with Crippen molar-refractivity contribution in [1.29, 1.82) is 0 Å². The molecule has 1 saturated heterocycles. The Hall–Kier alpha value is -2.25. The molecule has 1 atom stereocenters. The molecule has 0 radical (unpaired) electrons. The summed E-state index contributed by atoms with van der Waals surface area (Å²) >= 11 is 1.55. The second kappa shape index (κ2) is 6.47. The Bertz CT molecular complexity index is 743. The minimum atomic E-state index is -1.05. The number of aryl methyl sites for hydroxylation is 1. The highest BCUT2D eigenvalue weighted by atomic mass is 32.1. The minimum Gasteiger partial charge on any atom is -0.480 e. The first-order valence-electron chi connectivity index (χ1n) is 7.20. The second-order valence-corrected chi connectivity index (χ2v) is 6.32. The summed E-state index contributed by atoms with van der Waals surface area (Å²) in [4.78, 5) is 29.8. The lowest BCUT2D eigenvalue weighted by molar-refractivity contribution is -0.147. The van der Waals surface area contributed by atoms with Crippen molar-refractivity contribution in [3.8, 4) is 11.3 Å². The topological polar surface area (TPSA) is 79.7 Å². The minimum absolute atomic E-state index is 0.0199. The number of carbonyl (C=O) groups excluding carboxylic acids is 1. The molecule has 7 heteroatoms. The number of nitrogens with zero attached hydrogens (tertiary/aromatic N) is 2. The van der Waals surface area contributed by atoms with E-state index in [0.717, 1.165) is 16.3 Å². The zero-order valence-corrected chi connectivity index (χ0v) is 13.4. The molecule has 1 N–H and O–H groups in total. The summed E-state index contributed by atoms with van der Waals surface area (Å²) in [5, 5.41) is 12.1. The van der Waals surface area contributed by atoms with Crippen molar-refractivity contribution < 1.29 is 19.4 Å². The van der Waals surface area contributed by atoms with E-state index in [2.05, 4.69) is 4.98 Å². The van der Waals surface area contributed by atoms with Crippen molar-refractivity contribution in [1.82, 2.24) is 9.88 Å². The molecule has 0 saturated carbocycles. The third-order valence-electron chi connectivity index (χ3n) is 3.70. The number of aromatic nitrogens is 1. The molecule has 1 aliphatic rings. The van der Waals surface area contributed by atoms with E-state index in [1.165, 1.54) is 4.90 Å². The third-order valence-corrected chi connectivity index (χ3v) is 4.47. The number of carbonyl (C=O) groups is 2. The molecule has 6 nitrogen and oxygen atoms in total. The lowest BCUT2D eigenvalue weighted by atomic mass is 10.1. The van der Waals surface area contributed by atoms with Gasteiger partial charge in [-0.2, -0.15) is 0 Å². The summed E-state index contributed by atoms with van der Waals surface area (Å²) in [7, 11) is 0. The first-order valence-corrected chi connectivity index (χ1v) is 8.08. The number of benzene rings is 1. The molecule has 2 aromatic rings. The summed E-state index contributed by atoms with van der Waals surface area (Å²) in [6, 6.07) is 6.18. The number of amides is 1. The molecule has 0 unspecified atom stereocenters. The largest absolute Gasteiger partial charge is 0.480 e. The highest BCUT2D eigenvalue weighted by Gasteiger charge is 2.33. The van der Waals surface area contributed by atoms with Crippen LogP contribution < -0.4 is 0 Å². The maximum absolute atomic E-state index is 12.7. The van der Waals surface area contributed by atoms with Gasteiger partial charge in [0.25, 0.3) is 5.91 Å². The van der Waals surface area contributed by atoms with Crippen LogP contribution in [0, 0.1) is 6.92 Å². The number of morpholine rings is 1. The van der Waals surface area contributed by atoms with Crippen molar-refractivity contribution in [2.75, 3.05) is 19.8 Å². The Balaban J connectivity index is 1.88. The fourth-order valence-electron chi connectivity index (χ4n) is 2.52. The molecule has 1 aromatic heterocycles. The molecule has 1 aliphatic heterocycles. The summed E-state index contributed by atoms with van der Waals surface area (Å²) in [5.41, 5.74) is 2.13. The van der Waals surface area contributed by atoms with Gasteiger partial charge in [-0.05, 0) is 19.1 Å². The molecule has 3 rings (SSSR count). The van der Waals surface area contributed by atoms with Crippen LogP contribution in [0.25, 0.3) is 11.3 Å². The Morgan fingerprint density at radius 2 is 2.26 bits per heavy atom. The number of ether oxygens (including phenoxy) is 1. The van der Waals surface area contributed by atoms with Gasteiger partial charge in [-0.25, -0.2) is 9.78 Å². The first-order chi connectivity index (χ1) is 11.1. The van der Waals surface area contributed by atoms with Crippen LogP contribution >= 0.6 is 11.3 Å². The van der Waals surface area contributed by atoms with Crippen LogP contribution in [-0.2, 0) is 9.53 Å². The standard InChI is InChI=1S/C16H16N2O4S/c1-10-17-13(9-23-10)11-3-2-4-12(7-11)15(19)18-5-6-22-8-14(18)16(20)21/h2-4,7,9,14H,5-6,8H2,1H3,(H,20,21)/t14-/m0/s1. The second-order valence-electron chi connectivity index (χ2n) is 5.26.